The number of nitrogens with one attached hydrogen (secondary N) is 2. The Hall–Kier alpha value is -1.84. The van der Waals surface area contributed by atoms with Crippen molar-refractivity contribution in [1.29, 1.82) is 0 Å². The summed E-state index contributed by atoms with van der Waals surface area (Å²) < 4.78 is 0. The summed E-state index contributed by atoms with van der Waals surface area (Å²) >= 11 is 5.97. The smallest absolute Gasteiger partial charge is 0.234 e. The lowest BCUT2D eigenvalue weighted by atomic mass is 9.98. The fourth-order valence-corrected chi connectivity index (χ4v) is 2.34. The number of benzene rings is 2. The Morgan fingerprint density at radius 3 is 2.13 bits per heavy atom. The van der Waals surface area contributed by atoms with Crippen molar-refractivity contribution in [3.63, 3.8) is 0 Å². The molecule has 122 valence electrons. The Morgan fingerprint density at radius 2 is 1.57 bits per heavy atom. The minimum absolute atomic E-state index is 0.0382. The first kappa shape index (κ1) is 17.5. The first-order valence-corrected chi connectivity index (χ1v) is 8.08. The van der Waals surface area contributed by atoms with Crippen LogP contribution >= 0.6 is 11.6 Å². The van der Waals surface area contributed by atoms with Gasteiger partial charge < -0.3 is 10.6 Å². The molecule has 1 amide bonds. The third kappa shape index (κ3) is 5.70. The van der Waals surface area contributed by atoms with E-state index in [0.29, 0.717) is 5.02 Å². The van der Waals surface area contributed by atoms with Crippen molar-refractivity contribution in [2.45, 2.75) is 32.4 Å². The van der Waals surface area contributed by atoms with Crippen LogP contribution in [0, 0.1) is 0 Å². The Bertz CT molecular complexity index is 633. The summed E-state index contributed by atoms with van der Waals surface area (Å²) in [6, 6.07) is 17.3. The molecule has 4 heteroatoms. The van der Waals surface area contributed by atoms with Crippen LogP contribution in [0.25, 0.3) is 0 Å². The van der Waals surface area contributed by atoms with Crippen LogP contribution in [-0.4, -0.2) is 18.0 Å². The van der Waals surface area contributed by atoms with E-state index in [2.05, 4.69) is 10.6 Å². The first-order valence-electron chi connectivity index (χ1n) is 7.70. The molecular weight excluding hydrogens is 308 g/mol. The van der Waals surface area contributed by atoms with E-state index in [0.717, 1.165) is 11.1 Å². The minimum atomic E-state index is -0.192. The first-order chi connectivity index (χ1) is 10.8. The lowest BCUT2D eigenvalue weighted by molar-refractivity contribution is -0.121. The predicted molar refractivity (Wildman–Crippen MR) is 95.6 cm³/mol. The Morgan fingerprint density at radius 1 is 1.00 bits per heavy atom. The van der Waals surface area contributed by atoms with Crippen LogP contribution in [0.15, 0.2) is 54.6 Å². The summed E-state index contributed by atoms with van der Waals surface area (Å²) in [4.78, 5) is 12.3. The zero-order valence-electron chi connectivity index (χ0n) is 13.8. The Balaban J connectivity index is 2.18. The summed E-state index contributed by atoms with van der Waals surface area (Å²) in [5.74, 6) is -0.0382. The average Bonchev–Trinajstić information content (AvgIpc) is 2.52. The maximum absolute atomic E-state index is 12.3. The van der Waals surface area contributed by atoms with E-state index in [1.54, 1.807) is 0 Å². The standard InChI is InChI=1S/C19H23ClN2O/c1-19(2,3)21-13-17(23)22-18(14-7-5-4-6-8-14)15-9-11-16(20)12-10-15/h4-12,18,21H,13H2,1-3H3,(H,22,23)/t18-/m1/s1. The fraction of sp³-hybridized carbons (Fsp3) is 0.316. The van der Waals surface area contributed by atoms with E-state index in [1.807, 2.05) is 75.4 Å². The molecule has 0 unspecified atom stereocenters. The number of amides is 1. The summed E-state index contributed by atoms with van der Waals surface area (Å²) in [6.07, 6.45) is 0. The minimum Gasteiger partial charge on any atom is -0.344 e. The van der Waals surface area contributed by atoms with Gasteiger partial charge in [0.2, 0.25) is 5.91 Å². The molecule has 0 fully saturated rings. The van der Waals surface area contributed by atoms with Crippen LogP contribution in [0.2, 0.25) is 5.02 Å². The molecule has 0 saturated heterocycles. The van der Waals surface area contributed by atoms with Crippen LogP contribution in [0.4, 0.5) is 0 Å². The molecule has 0 aliphatic rings. The number of hydrogen-bond acceptors (Lipinski definition) is 2. The molecule has 2 N–H and O–H groups in total. The van der Waals surface area contributed by atoms with E-state index in [-0.39, 0.29) is 24.0 Å². The predicted octanol–water partition coefficient (Wildman–Crippen LogP) is 3.93. The molecule has 0 bridgehead atoms. The average molecular weight is 331 g/mol. The van der Waals surface area contributed by atoms with Crippen LogP contribution < -0.4 is 10.6 Å². The normalized spacial score (nSPS) is 12.7. The topological polar surface area (TPSA) is 41.1 Å². The number of rotatable bonds is 5. The Kier molecular flexibility index (Phi) is 5.80. The van der Waals surface area contributed by atoms with Crippen molar-refractivity contribution >= 4 is 17.5 Å². The summed E-state index contributed by atoms with van der Waals surface area (Å²) in [6.45, 7) is 6.39. The number of halogens is 1. The van der Waals surface area contributed by atoms with Gasteiger partial charge in [0, 0.05) is 10.6 Å². The maximum Gasteiger partial charge on any atom is 0.234 e. The molecule has 0 spiro atoms. The number of carbonyl (C=O) groups is 1. The summed E-state index contributed by atoms with van der Waals surface area (Å²) in [5, 5.41) is 6.98. The molecule has 0 aromatic heterocycles. The van der Waals surface area contributed by atoms with Crippen LogP contribution in [0.5, 0.6) is 0 Å². The van der Waals surface area contributed by atoms with Gasteiger partial charge in [-0.25, -0.2) is 0 Å². The maximum atomic E-state index is 12.3. The SMILES string of the molecule is CC(C)(C)NCC(=O)N[C@H](c1ccccc1)c1ccc(Cl)cc1. The molecule has 0 radical (unpaired) electrons. The molecule has 0 heterocycles. The van der Waals surface area contributed by atoms with Gasteiger partial charge in [-0.15, -0.1) is 0 Å². The zero-order valence-corrected chi connectivity index (χ0v) is 14.5. The van der Waals surface area contributed by atoms with Crippen LogP contribution in [0.3, 0.4) is 0 Å². The van der Waals surface area contributed by atoms with Gasteiger partial charge in [0.15, 0.2) is 0 Å². The number of hydrogen-bond donors (Lipinski definition) is 2. The largest absolute Gasteiger partial charge is 0.344 e. The third-order valence-electron chi connectivity index (χ3n) is 3.42. The van der Waals surface area contributed by atoms with Gasteiger partial charge in [-0.05, 0) is 44.0 Å². The molecule has 0 aliphatic heterocycles. The molecule has 2 rings (SSSR count). The lowest BCUT2D eigenvalue weighted by Gasteiger charge is -2.23. The van der Waals surface area contributed by atoms with Gasteiger partial charge in [0.1, 0.15) is 0 Å². The highest BCUT2D eigenvalue weighted by Crippen LogP contribution is 2.23. The second kappa shape index (κ2) is 7.62. The van der Waals surface area contributed by atoms with E-state index in [9.17, 15) is 4.79 Å². The Labute approximate surface area is 143 Å². The summed E-state index contributed by atoms with van der Waals surface area (Å²) in [5.41, 5.74) is 1.95. The van der Waals surface area contributed by atoms with Gasteiger partial charge in [-0.1, -0.05) is 54.1 Å². The highest BCUT2D eigenvalue weighted by molar-refractivity contribution is 6.30. The molecule has 1 atom stereocenters. The van der Waals surface area contributed by atoms with Gasteiger partial charge in [0.25, 0.3) is 0 Å². The van der Waals surface area contributed by atoms with E-state index >= 15 is 0 Å². The lowest BCUT2D eigenvalue weighted by Crippen LogP contribution is -2.44. The van der Waals surface area contributed by atoms with Crippen molar-refractivity contribution in [3.8, 4) is 0 Å². The van der Waals surface area contributed by atoms with Crippen molar-refractivity contribution in [3.05, 3.63) is 70.7 Å². The molecular formula is C19H23ClN2O. The molecule has 2 aromatic carbocycles. The highest BCUT2D eigenvalue weighted by Gasteiger charge is 2.18. The van der Waals surface area contributed by atoms with Gasteiger partial charge in [-0.3, -0.25) is 4.79 Å². The molecule has 0 aliphatic carbocycles. The van der Waals surface area contributed by atoms with E-state index in [4.69, 9.17) is 11.6 Å². The summed E-state index contributed by atoms with van der Waals surface area (Å²) in [7, 11) is 0. The molecule has 23 heavy (non-hydrogen) atoms. The second-order valence-corrected chi connectivity index (χ2v) is 7.00. The van der Waals surface area contributed by atoms with Gasteiger partial charge in [-0.2, -0.15) is 0 Å². The zero-order chi connectivity index (χ0) is 16.9. The van der Waals surface area contributed by atoms with Crippen LogP contribution in [-0.2, 0) is 4.79 Å². The van der Waals surface area contributed by atoms with E-state index in [1.165, 1.54) is 0 Å². The fourth-order valence-electron chi connectivity index (χ4n) is 2.22. The van der Waals surface area contributed by atoms with Crippen molar-refractivity contribution in [1.82, 2.24) is 10.6 Å². The molecule has 3 nitrogen and oxygen atoms in total. The van der Waals surface area contributed by atoms with Crippen molar-refractivity contribution < 1.29 is 4.79 Å². The highest BCUT2D eigenvalue weighted by atomic mass is 35.5. The molecule has 2 aromatic rings. The van der Waals surface area contributed by atoms with Crippen LogP contribution in [0.1, 0.15) is 37.9 Å². The molecule has 0 saturated carbocycles. The third-order valence-corrected chi connectivity index (χ3v) is 3.67. The van der Waals surface area contributed by atoms with E-state index < -0.39 is 0 Å². The quantitative estimate of drug-likeness (QED) is 0.872. The second-order valence-electron chi connectivity index (χ2n) is 6.57. The number of carbonyl (C=O) groups excluding carboxylic acids is 1. The van der Waals surface area contributed by atoms with Crippen molar-refractivity contribution in [2.75, 3.05) is 6.54 Å². The monoisotopic (exact) mass is 330 g/mol. The van der Waals surface area contributed by atoms with Crippen molar-refractivity contribution in [2.24, 2.45) is 0 Å². The van der Waals surface area contributed by atoms with Gasteiger partial charge >= 0.3 is 0 Å². The van der Waals surface area contributed by atoms with Gasteiger partial charge in [0.05, 0.1) is 12.6 Å².